The summed E-state index contributed by atoms with van der Waals surface area (Å²) < 4.78 is 15.8. The second-order valence-electron chi connectivity index (χ2n) is 5.20. The number of rotatable bonds is 5. The second-order valence-corrected chi connectivity index (χ2v) is 5.63. The van der Waals surface area contributed by atoms with Crippen molar-refractivity contribution < 1.29 is 4.39 Å². The summed E-state index contributed by atoms with van der Waals surface area (Å²) >= 11 is 5.95. The molecule has 21 heavy (non-hydrogen) atoms. The molecule has 1 atom stereocenters. The highest BCUT2D eigenvalue weighted by Gasteiger charge is 2.19. The van der Waals surface area contributed by atoms with E-state index in [4.69, 9.17) is 17.3 Å². The molecule has 114 valence electrons. The maximum absolute atomic E-state index is 13.9. The minimum absolute atomic E-state index is 0.0761. The van der Waals surface area contributed by atoms with E-state index in [1.807, 2.05) is 11.6 Å². The summed E-state index contributed by atoms with van der Waals surface area (Å²) in [5.41, 5.74) is 9.77. The monoisotopic (exact) mass is 309 g/mol. The molecule has 2 N–H and O–H groups in total. The smallest absolute Gasteiger partial charge is 0.128 e. The molecule has 0 radical (unpaired) electrons. The van der Waals surface area contributed by atoms with Crippen molar-refractivity contribution in [1.29, 1.82) is 0 Å². The Morgan fingerprint density at radius 3 is 2.62 bits per heavy atom. The van der Waals surface area contributed by atoms with E-state index in [-0.39, 0.29) is 11.9 Å². The highest BCUT2D eigenvalue weighted by atomic mass is 35.5. The van der Waals surface area contributed by atoms with Gasteiger partial charge in [0.1, 0.15) is 5.82 Å². The topological polar surface area (TPSA) is 43.8 Å². The fourth-order valence-electron chi connectivity index (χ4n) is 2.68. The lowest BCUT2D eigenvalue weighted by molar-refractivity contribution is 0.573. The van der Waals surface area contributed by atoms with E-state index in [0.29, 0.717) is 17.1 Å². The van der Waals surface area contributed by atoms with Crippen molar-refractivity contribution in [2.45, 2.75) is 46.2 Å². The molecule has 2 aromatic rings. The first-order valence-electron chi connectivity index (χ1n) is 7.25. The van der Waals surface area contributed by atoms with Gasteiger partial charge in [0.25, 0.3) is 0 Å². The molecule has 0 saturated carbocycles. The van der Waals surface area contributed by atoms with Gasteiger partial charge in [-0.2, -0.15) is 5.10 Å². The summed E-state index contributed by atoms with van der Waals surface area (Å²) in [5.74, 6) is -0.266. The van der Waals surface area contributed by atoms with Crippen LogP contribution in [-0.2, 0) is 19.4 Å². The number of hydrogen-bond donors (Lipinski definition) is 1. The molecular formula is C16H21ClFN3. The third-order valence-electron chi connectivity index (χ3n) is 3.63. The Bertz CT molecular complexity index is 635. The van der Waals surface area contributed by atoms with Crippen molar-refractivity contribution in [2.24, 2.45) is 5.73 Å². The van der Waals surface area contributed by atoms with Crippen molar-refractivity contribution >= 4 is 11.6 Å². The molecule has 0 aliphatic rings. The highest BCUT2D eigenvalue weighted by Crippen LogP contribution is 2.24. The average Bonchev–Trinajstić information content (AvgIpc) is 2.80. The van der Waals surface area contributed by atoms with Crippen LogP contribution in [0.1, 0.15) is 49.3 Å². The lowest BCUT2D eigenvalue weighted by Crippen LogP contribution is -2.11. The summed E-state index contributed by atoms with van der Waals surface area (Å²) in [5, 5.41) is 5.14. The third kappa shape index (κ3) is 3.27. The molecule has 0 fully saturated rings. The predicted octanol–water partition coefficient (Wildman–Crippen LogP) is 3.87. The van der Waals surface area contributed by atoms with Gasteiger partial charge in [-0.05, 0) is 38.0 Å². The SMILES string of the molecule is CCc1nn(Cc2cc(Cl)ccc2F)c(CC)c1C(C)N. The zero-order chi connectivity index (χ0) is 15.6. The van der Waals surface area contributed by atoms with Crippen molar-refractivity contribution in [2.75, 3.05) is 0 Å². The van der Waals surface area contributed by atoms with Crippen LogP contribution >= 0.6 is 11.6 Å². The normalized spacial score (nSPS) is 12.7. The van der Waals surface area contributed by atoms with E-state index in [1.165, 1.54) is 6.07 Å². The quantitative estimate of drug-likeness (QED) is 0.911. The molecule has 0 aliphatic heterocycles. The summed E-state index contributed by atoms with van der Waals surface area (Å²) in [6, 6.07) is 4.51. The fourth-order valence-corrected chi connectivity index (χ4v) is 2.88. The fraction of sp³-hybridized carbons (Fsp3) is 0.438. The minimum Gasteiger partial charge on any atom is -0.324 e. The largest absolute Gasteiger partial charge is 0.324 e. The molecule has 0 spiro atoms. The Balaban J connectivity index is 2.46. The van der Waals surface area contributed by atoms with Crippen molar-refractivity contribution in [3.63, 3.8) is 0 Å². The Kier molecular flexibility index (Phi) is 5.01. The molecule has 1 aromatic heterocycles. The molecule has 5 heteroatoms. The van der Waals surface area contributed by atoms with Crippen molar-refractivity contribution in [3.8, 4) is 0 Å². The number of aromatic nitrogens is 2. The number of nitrogens with zero attached hydrogens (tertiary/aromatic N) is 2. The summed E-state index contributed by atoms with van der Waals surface area (Å²) in [6.45, 7) is 6.44. The Hall–Kier alpha value is -1.39. The molecule has 1 unspecified atom stereocenters. The molecule has 0 amide bonds. The predicted molar refractivity (Wildman–Crippen MR) is 84.1 cm³/mol. The molecule has 0 aliphatic carbocycles. The van der Waals surface area contributed by atoms with E-state index < -0.39 is 0 Å². The van der Waals surface area contributed by atoms with Gasteiger partial charge in [-0.3, -0.25) is 4.68 Å². The molecule has 1 aromatic carbocycles. The zero-order valence-corrected chi connectivity index (χ0v) is 13.4. The van der Waals surface area contributed by atoms with Crippen LogP contribution in [0.25, 0.3) is 0 Å². The van der Waals surface area contributed by atoms with Crippen LogP contribution < -0.4 is 5.73 Å². The first kappa shape index (κ1) is 16.0. The number of hydrogen-bond acceptors (Lipinski definition) is 2. The van der Waals surface area contributed by atoms with Gasteiger partial charge < -0.3 is 5.73 Å². The van der Waals surface area contributed by atoms with Gasteiger partial charge in [-0.15, -0.1) is 0 Å². The first-order valence-corrected chi connectivity index (χ1v) is 7.63. The molecular weight excluding hydrogens is 289 g/mol. The molecule has 0 saturated heterocycles. The van der Waals surface area contributed by atoms with E-state index in [9.17, 15) is 4.39 Å². The van der Waals surface area contributed by atoms with Crippen molar-refractivity contribution in [3.05, 3.63) is 51.6 Å². The Morgan fingerprint density at radius 2 is 2.05 bits per heavy atom. The summed E-state index contributed by atoms with van der Waals surface area (Å²) in [4.78, 5) is 0. The van der Waals surface area contributed by atoms with Gasteiger partial charge in [0.15, 0.2) is 0 Å². The van der Waals surface area contributed by atoms with Crippen LogP contribution in [0.3, 0.4) is 0 Å². The van der Waals surface area contributed by atoms with E-state index in [1.54, 1.807) is 12.1 Å². The van der Waals surface area contributed by atoms with Gasteiger partial charge in [0.05, 0.1) is 12.2 Å². The number of benzene rings is 1. The maximum atomic E-state index is 13.9. The standard InChI is InChI=1S/C16H21ClFN3/c1-4-14-16(10(3)19)15(5-2)21(20-14)9-11-8-12(17)6-7-13(11)18/h6-8,10H,4-5,9,19H2,1-3H3. The van der Waals surface area contributed by atoms with Gasteiger partial charge in [0.2, 0.25) is 0 Å². The van der Waals surface area contributed by atoms with Gasteiger partial charge in [-0.1, -0.05) is 25.4 Å². The Morgan fingerprint density at radius 1 is 1.33 bits per heavy atom. The van der Waals surface area contributed by atoms with Gasteiger partial charge in [-0.25, -0.2) is 4.39 Å². The van der Waals surface area contributed by atoms with Crippen molar-refractivity contribution in [1.82, 2.24) is 9.78 Å². The average molecular weight is 310 g/mol. The zero-order valence-electron chi connectivity index (χ0n) is 12.7. The first-order chi connectivity index (χ1) is 9.97. The van der Waals surface area contributed by atoms with E-state index in [2.05, 4.69) is 18.9 Å². The lowest BCUT2D eigenvalue weighted by atomic mass is 10.0. The van der Waals surface area contributed by atoms with Crippen LogP contribution in [0.2, 0.25) is 5.02 Å². The van der Waals surface area contributed by atoms with Crippen LogP contribution in [0.4, 0.5) is 4.39 Å². The van der Waals surface area contributed by atoms with Crippen LogP contribution in [0.5, 0.6) is 0 Å². The lowest BCUT2D eigenvalue weighted by Gasteiger charge is -2.11. The van der Waals surface area contributed by atoms with E-state index in [0.717, 1.165) is 29.8 Å². The maximum Gasteiger partial charge on any atom is 0.128 e. The van der Waals surface area contributed by atoms with Crippen LogP contribution in [0.15, 0.2) is 18.2 Å². The van der Waals surface area contributed by atoms with Gasteiger partial charge >= 0.3 is 0 Å². The van der Waals surface area contributed by atoms with Crippen LogP contribution in [-0.4, -0.2) is 9.78 Å². The Labute approximate surface area is 129 Å². The minimum atomic E-state index is -0.266. The molecule has 2 rings (SSSR count). The number of halogens is 2. The number of nitrogens with two attached hydrogens (primary N) is 1. The molecule has 1 heterocycles. The third-order valence-corrected chi connectivity index (χ3v) is 3.86. The second kappa shape index (κ2) is 6.58. The summed E-state index contributed by atoms with van der Waals surface area (Å²) in [6.07, 6.45) is 1.63. The van der Waals surface area contributed by atoms with E-state index >= 15 is 0 Å². The molecule has 0 bridgehead atoms. The number of aryl methyl sites for hydroxylation is 1. The van der Waals surface area contributed by atoms with Crippen LogP contribution in [0, 0.1) is 5.82 Å². The molecule has 3 nitrogen and oxygen atoms in total. The van der Waals surface area contributed by atoms with Gasteiger partial charge in [0, 0.05) is 27.9 Å². The summed E-state index contributed by atoms with van der Waals surface area (Å²) in [7, 11) is 0. The highest BCUT2D eigenvalue weighted by molar-refractivity contribution is 6.30.